The number of para-hydroxylation sites is 1. The molecular formula is C14H14N2O2. The third-order valence-electron chi connectivity index (χ3n) is 2.47. The quantitative estimate of drug-likeness (QED) is 0.661. The van der Waals surface area contributed by atoms with Crippen LogP contribution in [0.3, 0.4) is 0 Å². The maximum atomic E-state index is 10.0. The summed E-state index contributed by atoms with van der Waals surface area (Å²) in [6.07, 6.45) is 3.94. The summed E-state index contributed by atoms with van der Waals surface area (Å²) in [6.45, 7) is 5.46. The molecule has 1 heterocycles. The largest absolute Gasteiger partial charge is 0.507 e. The Kier molecular flexibility index (Phi) is 3.57. The first-order chi connectivity index (χ1) is 8.70. The van der Waals surface area contributed by atoms with Crippen molar-refractivity contribution in [2.24, 2.45) is 4.99 Å². The van der Waals surface area contributed by atoms with Gasteiger partial charge in [0, 0.05) is 17.8 Å². The minimum Gasteiger partial charge on any atom is -0.507 e. The molecule has 1 aromatic carbocycles. The van der Waals surface area contributed by atoms with E-state index in [1.807, 2.05) is 12.1 Å². The minimum atomic E-state index is 0.223. The molecule has 0 spiro atoms. The van der Waals surface area contributed by atoms with Crippen LogP contribution in [0, 0.1) is 6.92 Å². The standard InChI is InChI=1S/C14H14N2O2/c1-3-5-11-6-4-7-12(14(11)17)9-15-13-8-10(2)18-16-13/h3-4,6-9,17H,1,5H2,2H3. The summed E-state index contributed by atoms with van der Waals surface area (Å²) >= 11 is 0. The molecule has 4 heteroatoms. The number of aromatic nitrogens is 1. The third-order valence-corrected chi connectivity index (χ3v) is 2.47. The summed E-state index contributed by atoms with van der Waals surface area (Å²) in [6, 6.07) is 7.24. The summed E-state index contributed by atoms with van der Waals surface area (Å²) in [4.78, 5) is 4.14. The number of allylic oxidation sites excluding steroid dienone is 1. The molecule has 0 aliphatic carbocycles. The summed E-state index contributed by atoms with van der Waals surface area (Å²) < 4.78 is 4.91. The second-order valence-electron chi connectivity index (χ2n) is 3.90. The lowest BCUT2D eigenvalue weighted by Gasteiger charge is -2.03. The molecule has 1 N–H and O–H groups in total. The van der Waals surface area contributed by atoms with E-state index in [0.29, 0.717) is 23.6 Å². The van der Waals surface area contributed by atoms with Crippen molar-refractivity contribution in [3.63, 3.8) is 0 Å². The maximum Gasteiger partial charge on any atom is 0.195 e. The number of aliphatic imine (C=N–C) groups is 1. The van der Waals surface area contributed by atoms with Crippen molar-refractivity contribution < 1.29 is 9.63 Å². The van der Waals surface area contributed by atoms with Crippen molar-refractivity contribution in [1.29, 1.82) is 0 Å². The van der Waals surface area contributed by atoms with Gasteiger partial charge in [-0.25, -0.2) is 4.99 Å². The van der Waals surface area contributed by atoms with E-state index in [9.17, 15) is 5.11 Å². The molecule has 0 saturated carbocycles. The normalized spacial score (nSPS) is 10.9. The third kappa shape index (κ3) is 2.66. The second kappa shape index (κ2) is 5.31. The Hall–Kier alpha value is -2.36. The van der Waals surface area contributed by atoms with Gasteiger partial charge in [0.2, 0.25) is 0 Å². The van der Waals surface area contributed by atoms with Crippen LogP contribution in [0.25, 0.3) is 0 Å². The monoisotopic (exact) mass is 242 g/mol. The summed E-state index contributed by atoms with van der Waals surface area (Å²) in [5, 5.41) is 13.8. The van der Waals surface area contributed by atoms with E-state index in [-0.39, 0.29) is 5.75 Å². The van der Waals surface area contributed by atoms with Gasteiger partial charge < -0.3 is 9.63 Å². The van der Waals surface area contributed by atoms with Gasteiger partial charge in [-0.3, -0.25) is 0 Å². The van der Waals surface area contributed by atoms with E-state index in [0.717, 1.165) is 5.56 Å². The Morgan fingerprint density at radius 3 is 3.00 bits per heavy atom. The molecule has 4 nitrogen and oxygen atoms in total. The second-order valence-corrected chi connectivity index (χ2v) is 3.90. The molecule has 18 heavy (non-hydrogen) atoms. The van der Waals surface area contributed by atoms with Crippen LogP contribution in [0.2, 0.25) is 0 Å². The number of aromatic hydroxyl groups is 1. The zero-order chi connectivity index (χ0) is 13.0. The zero-order valence-electron chi connectivity index (χ0n) is 10.1. The van der Waals surface area contributed by atoms with Gasteiger partial charge in [0.25, 0.3) is 0 Å². The molecule has 1 aromatic heterocycles. The lowest BCUT2D eigenvalue weighted by Crippen LogP contribution is -1.88. The van der Waals surface area contributed by atoms with Crippen LogP contribution < -0.4 is 0 Å². The fourth-order valence-corrected chi connectivity index (χ4v) is 1.59. The Labute approximate surface area is 105 Å². The molecule has 92 valence electrons. The van der Waals surface area contributed by atoms with Gasteiger partial charge >= 0.3 is 0 Å². The van der Waals surface area contributed by atoms with Gasteiger partial charge in [-0.1, -0.05) is 23.4 Å². The van der Waals surface area contributed by atoms with E-state index in [1.165, 1.54) is 0 Å². The van der Waals surface area contributed by atoms with Gasteiger partial charge in [-0.2, -0.15) is 0 Å². The minimum absolute atomic E-state index is 0.223. The molecule has 2 aromatic rings. The fourth-order valence-electron chi connectivity index (χ4n) is 1.59. The number of nitrogens with zero attached hydrogens (tertiary/aromatic N) is 2. The van der Waals surface area contributed by atoms with E-state index in [2.05, 4.69) is 16.7 Å². The van der Waals surface area contributed by atoms with Gasteiger partial charge in [-0.15, -0.1) is 6.58 Å². The van der Waals surface area contributed by atoms with Crippen molar-refractivity contribution in [3.05, 3.63) is 53.8 Å². The van der Waals surface area contributed by atoms with Crippen LogP contribution in [0.1, 0.15) is 16.9 Å². The highest BCUT2D eigenvalue weighted by Crippen LogP contribution is 2.22. The number of hydrogen-bond acceptors (Lipinski definition) is 4. The van der Waals surface area contributed by atoms with Gasteiger partial charge in [0.1, 0.15) is 11.5 Å². The molecule has 0 amide bonds. The fraction of sp³-hybridized carbons (Fsp3) is 0.143. The number of phenols is 1. The Bertz CT molecular complexity index is 585. The van der Waals surface area contributed by atoms with E-state index in [1.54, 1.807) is 31.3 Å². The number of rotatable bonds is 4. The first-order valence-corrected chi connectivity index (χ1v) is 5.60. The first kappa shape index (κ1) is 12.1. The van der Waals surface area contributed by atoms with E-state index < -0.39 is 0 Å². The molecular weight excluding hydrogens is 228 g/mol. The lowest BCUT2D eigenvalue weighted by molar-refractivity contribution is 0.399. The SMILES string of the molecule is C=CCc1cccc(C=Nc2cc(C)on2)c1O. The highest BCUT2D eigenvalue weighted by molar-refractivity contribution is 5.85. The maximum absolute atomic E-state index is 10.0. The van der Waals surface area contributed by atoms with Crippen molar-refractivity contribution in [2.75, 3.05) is 0 Å². The average Bonchev–Trinajstić information content (AvgIpc) is 2.77. The van der Waals surface area contributed by atoms with Crippen LogP contribution >= 0.6 is 0 Å². The summed E-state index contributed by atoms with van der Waals surface area (Å²) in [5.41, 5.74) is 1.47. The topological polar surface area (TPSA) is 58.6 Å². The smallest absolute Gasteiger partial charge is 0.195 e. The van der Waals surface area contributed by atoms with Crippen LogP contribution in [-0.2, 0) is 6.42 Å². The Morgan fingerprint density at radius 2 is 2.33 bits per heavy atom. The first-order valence-electron chi connectivity index (χ1n) is 5.60. The molecule has 0 aliphatic rings. The molecule has 0 fully saturated rings. The van der Waals surface area contributed by atoms with Gasteiger partial charge in [0.05, 0.1) is 0 Å². The molecule has 0 bridgehead atoms. The van der Waals surface area contributed by atoms with Gasteiger partial charge in [0.15, 0.2) is 5.82 Å². The van der Waals surface area contributed by atoms with Crippen LogP contribution in [0.4, 0.5) is 5.82 Å². The lowest BCUT2D eigenvalue weighted by atomic mass is 10.1. The number of phenolic OH excluding ortho intramolecular Hbond substituents is 1. The number of hydrogen-bond donors (Lipinski definition) is 1. The number of aryl methyl sites for hydroxylation is 1. The van der Waals surface area contributed by atoms with Crippen molar-refractivity contribution in [3.8, 4) is 5.75 Å². The highest BCUT2D eigenvalue weighted by Gasteiger charge is 2.04. The molecule has 0 radical (unpaired) electrons. The van der Waals surface area contributed by atoms with E-state index >= 15 is 0 Å². The predicted molar refractivity (Wildman–Crippen MR) is 70.5 cm³/mol. The molecule has 2 rings (SSSR count). The Balaban J connectivity index is 2.26. The van der Waals surface area contributed by atoms with Crippen molar-refractivity contribution in [1.82, 2.24) is 5.16 Å². The predicted octanol–water partition coefficient (Wildman–Crippen LogP) is 3.17. The Morgan fingerprint density at radius 1 is 1.50 bits per heavy atom. The molecule has 0 atom stereocenters. The molecule has 0 saturated heterocycles. The number of benzene rings is 1. The van der Waals surface area contributed by atoms with Crippen molar-refractivity contribution >= 4 is 12.0 Å². The van der Waals surface area contributed by atoms with E-state index in [4.69, 9.17) is 4.52 Å². The molecule has 0 unspecified atom stereocenters. The molecule has 0 aliphatic heterocycles. The van der Waals surface area contributed by atoms with Crippen molar-refractivity contribution in [2.45, 2.75) is 13.3 Å². The summed E-state index contributed by atoms with van der Waals surface area (Å²) in [7, 11) is 0. The van der Waals surface area contributed by atoms with Crippen LogP contribution in [-0.4, -0.2) is 16.5 Å². The van der Waals surface area contributed by atoms with Gasteiger partial charge in [-0.05, 0) is 25.0 Å². The summed E-state index contributed by atoms with van der Waals surface area (Å²) in [5.74, 6) is 1.41. The van der Waals surface area contributed by atoms with Crippen LogP contribution in [0.15, 0.2) is 46.4 Å². The van der Waals surface area contributed by atoms with Crippen LogP contribution in [0.5, 0.6) is 5.75 Å². The average molecular weight is 242 g/mol. The zero-order valence-corrected chi connectivity index (χ0v) is 10.1. The highest BCUT2D eigenvalue weighted by atomic mass is 16.5.